The number of nitrogens with one attached hydrogen (secondary N) is 1. The number of aryl methyl sites for hydroxylation is 1. The van der Waals surface area contributed by atoms with Gasteiger partial charge in [-0.25, -0.2) is 14.2 Å². The Morgan fingerprint density at radius 3 is 2.62 bits per heavy atom. The molecule has 2 aliphatic rings. The number of rotatable bonds is 4. The van der Waals surface area contributed by atoms with Gasteiger partial charge in [-0.2, -0.15) is 22.5 Å². The van der Waals surface area contributed by atoms with Crippen LogP contribution < -0.4 is 10.1 Å². The van der Waals surface area contributed by atoms with Crippen molar-refractivity contribution >= 4 is 11.7 Å². The van der Waals surface area contributed by atoms with Gasteiger partial charge >= 0.3 is 12.2 Å². The smallest absolute Gasteiger partial charge is 0.417 e. The Hall–Kier alpha value is -3.84. The van der Waals surface area contributed by atoms with Crippen molar-refractivity contribution in [3.63, 3.8) is 0 Å². The van der Waals surface area contributed by atoms with E-state index < -0.39 is 57.9 Å². The number of ether oxygens (including phenoxy) is 1. The van der Waals surface area contributed by atoms with E-state index in [0.717, 1.165) is 13.2 Å². The van der Waals surface area contributed by atoms with E-state index >= 15 is 0 Å². The van der Waals surface area contributed by atoms with Gasteiger partial charge < -0.3 is 19.4 Å². The summed E-state index contributed by atoms with van der Waals surface area (Å²) in [4.78, 5) is 22.1. The van der Waals surface area contributed by atoms with Crippen LogP contribution in [0.4, 0.5) is 32.4 Å². The van der Waals surface area contributed by atoms with Gasteiger partial charge in [-0.1, -0.05) is 6.92 Å². The summed E-state index contributed by atoms with van der Waals surface area (Å²) in [6.45, 7) is 3.64. The summed E-state index contributed by atoms with van der Waals surface area (Å²) in [6, 6.07) is 0.0731. The fraction of sp³-hybridized carbons (Fsp3) is 0.435. The number of hydrogen-bond acceptors (Lipinski definition) is 7. The maximum atomic E-state index is 14.9. The monoisotopic (exact) mass is 524 g/mol. The van der Waals surface area contributed by atoms with Crippen LogP contribution in [0.25, 0.3) is 11.4 Å². The van der Waals surface area contributed by atoms with Gasteiger partial charge in [0.05, 0.1) is 24.6 Å². The van der Waals surface area contributed by atoms with Gasteiger partial charge in [0.15, 0.2) is 5.82 Å². The van der Waals surface area contributed by atoms with E-state index in [4.69, 9.17) is 9.15 Å². The summed E-state index contributed by atoms with van der Waals surface area (Å²) < 4.78 is 80.3. The third-order valence-corrected chi connectivity index (χ3v) is 6.70. The Morgan fingerprint density at radius 1 is 1.22 bits per heavy atom. The van der Waals surface area contributed by atoms with Gasteiger partial charge in [0.1, 0.15) is 11.4 Å². The minimum absolute atomic E-state index is 0.197. The molecule has 9 nitrogen and oxygen atoms in total. The zero-order valence-corrected chi connectivity index (χ0v) is 19.9. The number of anilines is 1. The van der Waals surface area contributed by atoms with Crippen molar-refractivity contribution in [1.82, 2.24) is 25.1 Å². The second-order valence-corrected chi connectivity index (χ2v) is 9.29. The number of carbonyl (C=O) groups excluding carboxylic acids is 1. The van der Waals surface area contributed by atoms with E-state index in [1.807, 2.05) is 6.92 Å². The average Bonchev–Trinajstić information content (AvgIpc) is 3.26. The minimum Gasteiger partial charge on any atom is -0.479 e. The lowest BCUT2D eigenvalue weighted by atomic mass is 9.64. The molecule has 5 rings (SSSR count). The molecule has 0 spiro atoms. The highest BCUT2D eigenvalue weighted by Crippen LogP contribution is 2.55. The van der Waals surface area contributed by atoms with Crippen molar-refractivity contribution in [3.8, 4) is 17.3 Å². The van der Waals surface area contributed by atoms with E-state index in [0.29, 0.717) is 31.4 Å². The number of aromatic nitrogens is 4. The molecule has 1 aromatic carbocycles. The molecule has 0 aliphatic carbocycles. The van der Waals surface area contributed by atoms with Gasteiger partial charge in [0.25, 0.3) is 5.88 Å². The molecule has 2 amide bonds. The van der Waals surface area contributed by atoms with Crippen molar-refractivity contribution in [2.45, 2.75) is 50.9 Å². The predicted octanol–water partition coefficient (Wildman–Crippen LogP) is 5.07. The first kappa shape index (κ1) is 24.8. The molecule has 2 aromatic heterocycles. The van der Waals surface area contributed by atoms with Crippen molar-refractivity contribution in [1.29, 1.82) is 0 Å². The number of nitrogens with zero attached hydrogens (tertiary/aromatic N) is 5. The summed E-state index contributed by atoms with van der Waals surface area (Å²) in [7, 11) is 1.09. The van der Waals surface area contributed by atoms with Crippen LogP contribution >= 0.6 is 0 Å². The Morgan fingerprint density at radius 2 is 1.97 bits per heavy atom. The second-order valence-electron chi connectivity index (χ2n) is 9.29. The molecule has 37 heavy (non-hydrogen) atoms. The molecule has 14 heteroatoms. The summed E-state index contributed by atoms with van der Waals surface area (Å²) in [5.74, 6) is -2.64. The molecule has 4 heterocycles. The van der Waals surface area contributed by atoms with Crippen LogP contribution in [0, 0.1) is 24.5 Å². The first-order chi connectivity index (χ1) is 17.4. The summed E-state index contributed by atoms with van der Waals surface area (Å²) in [6.07, 6.45) is -2.57. The van der Waals surface area contributed by atoms with Crippen LogP contribution in [0.3, 0.4) is 0 Å². The molecule has 2 fully saturated rings. The van der Waals surface area contributed by atoms with Crippen LogP contribution in [-0.2, 0) is 11.7 Å². The van der Waals surface area contributed by atoms with Crippen LogP contribution in [-0.4, -0.2) is 44.2 Å². The van der Waals surface area contributed by atoms with Crippen molar-refractivity contribution in [2.24, 2.45) is 5.92 Å². The highest BCUT2D eigenvalue weighted by Gasteiger charge is 2.62. The van der Waals surface area contributed by atoms with Crippen LogP contribution in [0.2, 0.25) is 0 Å². The summed E-state index contributed by atoms with van der Waals surface area (Å²) in [5, 5.41) is 10.3. The lowest BCUT2D eigenvalue weighted by molar-refractivity contribution is -0.137. The molecule has 0 radical (unpaired) electrons. The largest absolute Gasteiger partial charge is 0.479 e. The normalized spacial score (nSPS) is 23.0. The molecule has 2 aliphatic heterocycles. The molecule has 0 saturated carbocycles. The fourth-order valence-corrected chi connectivity index (χ4v) is 5.32. The number of alkyl halides is 3. The van der Waals surface area contributed by atoms with E-state index in [1.165, 1.54) is 4.90 Å². The third-order valence-electron chi connectivity index (χ3n) is 6.70. The number of piperidine rings is 1. The first-order valence-electron chi connectivity index (χ1n) is 11.3. The Labute approximate surface area is 207 Å². The average molecular weight is 524 g/mol. The zero-order chi connectivity index (χ0) is 26.7. The van der Waals surface area contributed by atoms with Crippen molar-refractivity contribution in [3.05, 3.63) is 47.3 Å². The first-order valence-corrected chi connectivity index (χ1v) is 11.3. The number of urea groups is 1. The number of hydrogen-bond donors (Lipinski definition) is 1. The molecular formula is C23H21F5N6O3. The Bertz CT molecular complexity index is 1380. The fourth-order valence-electron chi connectivity index (χ4n) is 5.32. The van der Waals surface area contributed by atoms with Crippen LogP contribution in [0.15, 0.2) is 22.7 Å². The van der Waals surface area contributed by atoms with Crippen LogP contribution in [0.1, 0.15) is 43.5 Å². The lowest BCUT2D eigenvalue weighted by Gasteiger charge is -2.61. The number of amides is 2. The molecule has 196 valence electrons. The van der Waals surface area contributed by atoms with Crippen molar-refractivity contribution in [2.75, 3.05) is 12.4 Å². The molecule has 3 atom stereocenters. The van der Waals surface area contributed by atoms with E-state index in [9.17, 15) is 26.7 Å². The molecule has 1 N–H and O–H groups in total. The molecule has 2 saturated heterocycles. The molecule has 3 aromatic rings. The molecule has 0 unspecified atom stereocenters. The van der Waals surface area contributed by atoms with Crippen LogP contribution in [0.5, 0.6) is 5.88 Å². The maximum Gasteiger partial charge on any atom is 0.417 e. The third kappa shape index (κ3) is 4.13. The Balaban J connectivity index is 1.52. The predicted molar refractivity (Wildman–Crippen MR) is 117 cm³/mol. The maximum absolute atomic E-state index is 14.9. The lowest BCUT2D eigenvalue weighted by Crippen LogP contribution is -2.70. The number of benzene rings is 1. The van der Waals surface area contributed by atoms with Gasteiger partial charge in [-0.3, -0.25) is 0 Å². The number of methoxy groups -OCH3 is 1. The summed E-state index contributed by atoms with van der Waals surface area (Å²) in [5.41, 5.74) is -3.49. The highest BCUT2D eigenvalue weighted by atomic mass is 19.4. The minimum atomic E-state index is -4.99. The molecule has 2 bridgehead atoms. The zero-order valence-electron chi connectivity index (χ0n) is 19.9. The van der Waals surface area contributed by atoms with Gasteiger partial charge in [0, 0.05) is 24.9 Å². The Kier molecular flexibility index (Phi) is 5.79. The summed E-state index contributed by atoms with van der Waals surface area (Å²) >= 11 is 0. The quantitative estimate of drug-likeness (QED) is 0.475. The van der Waals surface area contributed by atoms with Gasteiger partial charge in [-0.05, 0) is 30.9 Å². The van der Waals surface area contributed by atoms with Gasteiger partial charge in [-0.15, -0.1) is 10.2 Å². The SMILES string of the molecule is COc1nc(-c2cc(NC(=O)N3[C@@H]4C[C@@H](C)C[C@@]3(c3nnc(C)o3)C4)c(F)cc2C(F)(F)F)ncc1F. The topological polar surface area (TPSA) is 106 Å². The van der Waals surface area contributed by atoms with Crippen molar-refractivity contribution < 1.29 is 35.9 Å². The van der Waals surface area contributed by atoms with E-state index in [2.05, 4.69) is 25.5 Å². The highest BCUT2D eigenvalue weighted by molar-refractivity contribution is 5.92. The number of carbonyl (C=O) groups is 1. The number of halogens is 5. The van der Waals surface area contributed by atoms with E-state index in [-0.39, 0.29) is 23.9 Å². The molecular weight excluding hydrogens is 503 g/mol. The van der Waals surface area contributed by atoms with Gasteiger partial charge in [0.2, 0.25) is 17.6 Å². The van der Waals surface area contributed by atoms with E-state index in [1.54, 1.807) is 6.92 Å². The number of fused-ring (bicyclic) bond motifs is 2. The second kappa shape index (κ2) is 8.63. The standard InChI is InChI=1S/C23H21F5N6O3/c1-10-4-12-8-22(7-10,20-33-32-11(2)37-20)34(12)21(35)30-17-5-13(14(6-15(17)24)23(26,27)28)18-29-9-16(25)19(31-18)36-3/h5-6,9-10,12H,4,7-8H2,1-3H3,(H,30,35)/t10-,12-,22+/m1/s1.